The molecular weight excluding hydrogens is 286 g/mol. The normalized spacial score (nSPS) is 10.6. The summed E-state index contributed by atoms with van der Waals surface area (Å²) >= 11 is 8.86. The zero-order chi connectivity index (χ0) is 10.8. The minimum absolute atomic E-state index is 0.185. The van der Waals surface area contributed by atoms with Crippen LogP contribution in [0.5, 0.6) is 0 Å². The fraction of sp³-hybridized carbons (Fsp3) is 0.111. The van der Waals surface area contributed by atoms with E-state index in [1.54, 1.807) is 12.1 Å². The van der Waals surface area contributed by atoms with Crippen molar-refractivity contribution in [3.05, 3.63) is 45.3 Å². The van der Waals surface area contributed by atoms with Crippen molar-refractivity contribution in [3.8, 4) is 0 Å². The summed E-state index contributed by atoms with van der Waals surface area (Å²) in [6.45, 7) is 0. The van der Waals surface area contributed by atoms with Crippen molar-refractivity contribution in [2.45, 2.75) is 6.42 Å². The first-order valence-corrected chi connectivity index (χ1v) is 5.24. The van der Waals surface area contributed by atoms with Crippen molar-refractivity contribution in [3.63, 3.8) is 0 Å². The summed E-state index contributed by atoms with van der Waals surface area (Å²) in [6, 6.07) is 4.50. The van der Waals surface area contributed by atoms with Crippen LogP contribution in [0.25, 0.3) is 0 Å². The average molecular weight is 292 g/mol. The van der Waals surface area contributed by atoms with E-state index in [9.17, 15) is 4.39 Å². The fourth-order valence-electron chi connectivity index (χ4n) is 1.16. The molecule has 3 nitrogen and oxygen atoms in total. The first-order valence-electron chi connectivity index (χ1n) is 4.07. The maximum atomic E-state index is 13.4. The van der Waals surface area contributed by atoms with E-state index in [1.165, 1.54) is 6.07 Å². The summed E-state index contributed by atoms with van der Waals surface area (Å²) in [5, 5.41) is 7.66. The van der Waals surface area contributed by atoms with Gasteiger partial charge in [-0.25, -0.2) is 4.39 Å². The Kier molecular flexibility index (Phi) is 3.02. The molecule has 0 N–H and O–H groups in total. The minimum atomic E-state index is -0.378. The number of halogens is 3. The van der Waals surface area contributed by atoms with Gasteiger partial charge in [0, 0.05) is 26.5 Å². The molecule has 0 fully saturated rings. The van der Waals surface area contributed by atoms with Crippen molar-refractivity contribution in [1.29, 1.82) is 0 Å². The van der Waals surface area contributed by atoms with Crippen LogP contribution in [-0.2, 0) is 6.42 Å². The Balaban J connectivity index is 2.31. The largest absolute Gasteiger partial charge is 0.415 e. The molecule has 0 bridgehead atoms. The predicted molar refractivity (Wildman–Crippen MR) is 56.2 cm³/mol. The van der Waals surface area contributed by atoms with Gasteiger partial charge in [0.2, 0.25) is 5.89 Å². The fourth-order valence-corrected chi connectivity index (χ4v) is 1.65. The lowest BCUT2D eigenvalue weighted by Crippen LogP contribution is -1.94. The molecule has 0 spiro atoms. The molecule has 15 heavy (non-hydrogen) atoms. The summed E-state index contributed by atoms with van der Waals surface area (Å²) in [5.74, 6) is -0.0642. The molecule has 6 heteroatoms. The van der Waals surface area contributed by atoms with Crippen molar-refractivity contribution < 1.29 is 8.81 Å². The van der Waals surface area contributed by atoms with Gasteiger partial charge in [0.1, 0.15) is 5.82 Å². The van der Waals surface area contributed by atoms with E-state index >= 15 is 0 Å². The summed E-state index contributed by atoms with van der Waals surface area (Å²) < 4.78 is 18.4. The minimum Gasteiger partial charge on any atom is -0.415 e. The quantitative estimate of drug-likeness (QED) is 0.853. The molecule has 78 valence electrons. The second-order valence-electron chi connectivity index (χ2n) is 2.83. The lowest BCUT2D eigenvalue weighted by Gasteiger charge is -2.01. The van der Waals surface area contributed by atoms with Crippen molar-refractivity contribution in [2.75, 3.05) is 0 Å². The van der Waals surface area contributed by atoms with Gasteiger partial charge in [-0.15, -0.1) is 10.2 Å². The average Bonchev–Trinajstić information content (AvgIpc) is 2.58. The molecule has 0 saturated heterocycles. The van der Waals surface area contributed by atoms with E-state index in [1.807, 2.05) is 0 Å². The molecule has 0 saturated carbocycles. The van der Waals surface area contributed by atoms with E-state index in [2.05, 4.69) is 26.1 Å². The third-order valence-electron chi connectivity index (χ3n) is 1.83. The molecule has 0 radical (unpaired) electrons. The highest BCUT2D eigenvalue weighted by Gasteiger charge is 2.11. The van der Waals surface area contributed by atoms with Crippen LogP contribution in [0.4, 0.5) is 4.39 Å². The molecule has 0 aliphatic carbocycles. The van der Waals surface area contributed by atoms with Gasteiger partial charge in [-0.3, -0.25) is 0 Å². The molecule has 0 atom stereocenters. The molecule has 0 aliphatic heterocycles. The Hall–Kier alpha value is -0.940. The van der Waals surface area contributed by atoms with Gasteiger partial charge in [-0.1, -0.05) is 17.7 Å². The Bertz CT molecular complexity index is 468. The van der Waals surface area contributed by atoms with Crippen LogP contribution in [0, 0.1) is 5.82 Å². The molecule has 0 unspecified atom stereocenters. The molecule has 1 aromatic heterocycles. The van der Waals surface area contributed by atoms with Crippen LogP contribution in [-0.4, -0.2) is 10.2 Å². The third kappa shape index (κ3) is 2.35. The zero-order valence-electron chi connectivity index (χ0n) is 7.38. The van der Waals surface area contributed by atoms with E-state index in [4.69, 9.17) is 16.0 Å². The molecule has 0 amide bonds. The van der Waals surface area contributed by atoms with Crippen molar-refractivity contribution in [1.82, 2.24) is 10.2 Å². The van der Waals surface area contributed by atoms with Gasteiger partial charge in [0.25, 0.3) is 4.80 Å². The van der Waals surface area contributed by atoms with Crippen LogP contribution in [0.2, 0.25) is 5.02 Å². The second kappa shape index (κ2) is 4.28. The van der Waals surface area contributed by atoms with E-state index in [0.29, 0.717) is 16.5 Å². The smallest absolute Gasteiger partial charge is 0.284 e. The number of hydrogen-bond donors (Lipinski definition) is 0. The number of benzene rings is 1. The molecule has 1 heterocycles. The predicted octanol–water partition coefficient (Wildman–Crippen LogP) is 3.22. The van der Waals surface area contributed by atoms with Crippen molar-refractivity contribution in [2.24, 2.45) is 0 Å². The van der Waals surface area contributed by atoms with Gasteiger partial charge in [0.15, 0.2) is 0 Å². The monoisotopic (exact) mass is 290 g/mol. The van der Waals surface area contributed by atoms with E-state index in [0.717, 1.165) is 0 Å². The van der Waals surface area contributed by atoms with Crippen LogP contribution in [0.3, 0.4) is 0 Å². The number of aromatic nitrogens is 2. The van der Waals surface area contributed by atoms with Crippen LogP contribution in [0.15, 0.2) is 27.4 Å². The van der Waals surface area contributed by atoms with Gasteiger partial charge in [0.05, 0.1) is 6.42 Å². The molecule has 1 aromatic carbocycles. The highest BCUT2D eigenvalue weighted by Crippen LogP contribution is 2.22. The highest BCUT2D eigenvalue weighted by atomic mass is 79.9. The van der Waals surface area contributed by atoms with Crippen LogP contribution >= 0.6 is 27.5 Å². The highest BCUT2D eigenvalue weighted by molar-refractivity contribution is 9.10. The number of rotatable bonds is 2. The van der Waals surface area contributed by atoms with Crippen LogP contribution in [0.1, 0.15) is 11.5 Å². The van der Waals surface area contributed by atoms with Gasteiger partial charge in [-0.05, 0) is 12.1 Å². The lowest BCUT2D eigenvalue weighted by molar-refractivity contribution is 0.478. The number of hydrogen-bond acceptors (Lipinski definition) is 3. The standard InChI is InChI=1S/C9H5BrClFN2O/c10-9-14-13-8(15-9)4-5-6(11)2-1-3-7(5)12/h1-3H,4H2. The molecule has 0 aliphatic rings. The summed E-state index contributed by atoms with van der Waals surface area (Å²) in [7, 11) is 0. The third-order valence-corrected chi connectivity index (χ3v) is 2.51. The first kappa shape index (κ1) is 10.6. The SMILES string of the molecule is Fc1cccc(Cl)c1Cc1nnc(Br)o1. The maximum Gasteiger partial charge on any atom is 0.284 e. The lowest BCUT2D eigenvalue weighted by atomic mass is 10.1. The number of nitrogens with zero attached hydrogens (tertiary/aromatic N) is 2. The molecular formula is C9H5BrClFN2O. The Morgan fingerprint density at radius 1 is 1.40 bits per heavy atom. The van der Waals surface area contributed by atoms with Gasteiger partial charge >= 0.3 is 0 Å². The van der Waals surface area contributed by atoms with Crippen molar-refractivity contribution >= 4 is 27.5 Å². The first-order chi connectivity index (χ1) is 7.16. The van der Waals surface area contributed by atoms with E-state index < -0.39 is 0 Å². The summed E-state index contributed by atoms with van der Waals surface area (Å²) in [6.07, 6.45) is 0.185. The van der Waals surface area contributed by atoms with Gasteiger partial charge < -0.3 is 4.42 Å². The van der Waals surface area contributed by atoms with Gasteiger partial charge in [-0.2, -0.15) is 0 Å². The topological polar surface area (TPSA) is 38.9 Å². The molecule has 2 rings (SSSR count). The Labute approximate surface area is 98.4 Å². The van der Waals surface area contributed by atoms with E-state index in [-0.39, 0.29) is 17.0 Å². The Morgan fingerprint density at radius 2 is 2.20 bits per heavy atom. The maximum absolute atomic E-state index is 13.4. The zero-order valence-corrected chi connectivity index (χ0v) is 9.72. The summed E-state index contributed by atoms with van der Waals surface area (Å²) in [4.78, 5) is 0.268. The van der Waals surface area contributed by atoms with Crippen LogP contribution < -0.4 is 0 Å². The Morgan fingerprint density at radius 3 is 2.80 bits per heavy atom. The summed E-state index contributed by atoms with van der Waals surface area (Å²) in [5.41, 5.74) is 0.357. The molecule has 2 aromatic rings. The second-order valence-corrected chi connectivity index (χ2v) is 3.91.